The summed E-state index contributed by atoms with van der Waals surface area (Å²) in [7, 11) is 0. The van der Waals surface area contributed by atoms with Gasteiger partial charge in [-0.2, -0.15) is 4.98 Å². The SMILES string of the molecule is Nc1ncc(CNCc2ccc(OC3CCCC3)cc2)c(N)n1. The number of benzene rings is 1. The smallest absolute Gasteiger partial charge is 0.221 e. The zero-order valence-corrected chi connectivity index (χ0v) is 13.2. The lowest BCUT2D eigenvalue weighted by molar-refractivity contribution is 0.210. The van der Waals surface area contributed by atoms with Gasteiger partial charge >= 0.3 is 0 Å². The van der Waals surface area contributed by atoms with Crippen LogP contribution in [0.2, 0.25) is 0 Å². The van der Waals surface area contributed by atoms with E-state index in [9.17, 15) is 0 Å². The third-order valence-corrected chi connectivity index (χ3v) is 4.09. The molecule has 0 bridgehead atoms. The molecule has 122 valence electrons. The first-order valence-corrected chi connectivity index (χ1v) is 8.04. The van der Waals surface area contributed by atoms with Crippen molar-refractivity contribution in [1.29, 1.82) is 0 Å². The molecule has 0 saturated heterocycles. The van der Waals surface area contributed by atoms with Crippen LogP contribution in [-0.2, 0) is 13.1 Å². The first-order chi connectivity index (χ1) is 11.2. The number of rotatable bonds is 6. The largest absolute Gasteiger partial charge is 0.490 e. The predicted octanol–water partition coefficient (Wildman–Crippen LogP) is 2.25. The van der Waals surface area contributed by atoms with Gasteiger partial charge in [0.15, 0.2) is 0 Å². The summed E-state index contributed by atoms with van der Waals surface area (Å²) >= 11 is 0. The molecule has 1 fully saturated rings. The van der Waals surface area contributed by atoms with Crippen molar-refractivity contribution in [1.82, 2.24) is 15.3 Å². The lowest BCUT2D eigenvalue weighted by Gasteiger charge is -2.13. The van der Waals surface area contributed by atoms with Crippen molar-refractivity contribution >= 4 is 11.8 Å². The highest BCUT2D eigenvalue weighted by Gasteiger charge is 2.16. The van der Waals surface area contributed by atoms with E-state index in [1.54, 1.807) is 6.20 Å². The summed E-state index contributed by atoms with van der Waals surface area (Å²) in [5.41, 5.74) is 13.3. The lowest BCUT2D eigenvalue weighted by Crippen LogP contribution is -2.15. The monoisotopic (exact) mass is 313 g/mol. The molecule has 3 rings (SSSR count). The maximum atomic E-state index is 5.97. The van der Waals surface area contributed by atoms with E-state index in [1.807, 2.05) is 12.1 Å². The highest BCUT2D eigenvalue weighted by molar-refractivity contribution is 5.41. The molecule has 5 N–H and O–H groups in total. The van der Waals surface area contributed by atoms with E-state index >= 15 is 0 Å². The van der Waals surface area contributed by atoms with Crippen LogP contribution in [0.15, 0.2) is 30.5 Å². The Hall–Kier alpha value is -2.34. The molecule has 0 unspecified atom stereocenters. The minimum Gasteiger partial charge on any atom is -0.490 e. The molecule has 6 nitrogen and oxygen atoms in total. The number of nitrogens with one attached hydrogen (secondary N) is 1. The summed E-state index contributed by atoms with van der Waals surface area (Å²) < 4.78 is 5.97. The van der Waals surface area contributed by atoms with Gasteiger partial charge in [-0.3, -0.25) is 0 Å². The molecule has 2 aromatic rings. The van der Waals surface area contributed by atoms with Crippen LogP contribution in [0.5, 0.6) is 5.75 Å². The number of aromatic nitrogens is 2. The minimum absolute atomic E-state index is 0.198. The van der Waals surface area contributed by atoms with Crippen LogP contribution in [0.4, 0.5) is 11.8 Å². The van der Waals surface area contributed by atoms with Gasteiger partial charge < -0.3 is 21.5 Å². The summed E-state index contributed by atoms with van der Waals surface area (Å²) in [5.74, 6) is 1.58. The fourth-order valence-electron chi connectivity index (χ4n) is 2.80. The number of hydrogen-bond acceptors (Lipinski definition) is 6. The van der Waals surface area contributed by atoms with Crippen LogP contribution in [0.25, 0.3) is 0 Å². The first kappa shape index (κ1) is 15.6. The van der Waals surface area contributed by atoms with Gasteiger partial charge in [-0.25, -0.2) is 4.98 Å². The molecule has 0 aliphatic heterocycles. The number of anilines is 2. The van der Waals surface area contributed by atoms with Gasteiger partial charge in [0.05, 0.1) is 6.10 Å². The number of nitrogens with two attached hydrogens (primary N) is 2. The molecule has 1 aromatic carbocycles. The van der Waals surface area contributed by atoms with E-state index in [-0.39, 0.29) is 5.95 Å². The maximum absolute atomic E-state index is 5.97. The second-order valence-electron chi connectivity index (χ2n) is 5.91. The van der Waals surface area contributed by atoms with Crippen LogP contribution in [0, 0.1) is 0 Å². The van der Waals surface area contributed by atoms with Crippen molar-refractivity contribution in [2.75, 3.05) is 11.5 Å². The van der Waals surface area contributed by atoms with Crippen molar-refractivity contribution in [3.63, 3.8) is 0 Å². The normalized spacial score (nSPS) is 15.0. The Labute approximate surface area is 136 Å². The molecule has 1 heterocycles. The quantitative estimate of drug-likeness (QED) is 0.756. The Morgan fingerprint density at radius 3 is 2.52 bits per heavy atom. The van der Waals surface area contributed by atoms with Gasteiger partial charge in [-0.15, -0.1) is 0 Å². The summed E-state index contributed by atoms with van der Waals surface area (Å²) in [6, 6.07) is 8.24. The third-order valence-electron chi connectivity index (χ3n) is 4.09. The van der Waals surface area contributed by atoms with Crippen molar-refractivity contribution in [3.05, 3.63) is 41.6 Å². The van der Waals surface area contributed by atoms with E-state index in [2.05, 4.69) is 27.4 Å². The molecule has 0 spiro atoms. The summed E-state index contributed by atoms with van der Waals surface area (Å²) in [5, 5.41) is 3.33. The molecule has 0 atom stereocenters. The first-order valence-electron chi connectivity index (χ1n) is 8.04. The molecule has 6 heteroatoms. The van der Waals surface area contributed by atoms with Crippen LogP contribution < -0.4 is 21.5 Å². The fraction of sp³-hybridized carbons (Fsp3) is 0.412. The van der Waals surface area contributed by atoms with Crippen molar-refractivity contribution in [2.45, 2.75) is 44.9 Å². The molecule has 0 amide bonds. The third kappa shape index (κ3) is 4.32. The number of nitrogens with zero attached hydrogens (tertiary/aromatic N) is 2. The van der Waals surface area contributed by atoms with Crippen LogP contribution in [0.3, 0.4) is 0 Å². The zero-order valence-electron chi connectivity index (χ0n) is 13.2. The van der Waals surface area contributed by atoms with Gasteiger partial charge in [-0.1, -0.05) is 12.1 Å². The van der Waals surface area contributed by atoms with Crippen molar-refractivity contribution in [2.24, 2.45) is 0 Å². The zero-order chi connectivity index (χ0) is 16.1. The minimum atomic E-state index is 0.198. The summed E-state index contributed by atoms with van der Waals surface area (Å²) in [6.07, 6.45) is 6.97. The van der Waals surface area contributed by atoms with E-state index in [1.165, 1.54) is 31.2 Å². The van der Waals surface area contributed by atoms with E-state index in [0.29, 0.717) is 18.5 Å². The Kier molecular flexibility index (Phi) is 4.92. The van der Waals surface area contributed by atoms with Gasteiger partial charge in [-0.05, 0) is 43.4 Å². The Morgan fingerprint density at radius 2 is 1.83 bits per heavy atom. The molecule has 1 aromatic heterocycles. The molecule has 1 saturated carbocycles. The van der Waals surface area contributed by atoms with Crippen molar-refractivity contribution < 1.29 is 4.74 Å². The van der Waals surface area contributed by atoms with E-state index in [0.717, 1.165) is 17.9 Å². The molecular formula is C17H23N5O. The molecule has 0 radical (unpaired) electrons. The van der Waals surface area contributed by atoms with Gasteiger partial charge in [0.25, 0.3) is 0 Å². The highest BCUT2D eigenvalue weighted by Crippen LogP contribution is 2.24. The topological polar surface area (TPSA) is 99.1 Å². The molecule has 1 aliphatic carbocycles. The van der Waals surface area contributed by atoms with Gasteiger partial charge in [0.1, 0.15) is 11.6 Å². The number of hydrogen-bond donors (Lipinski definition) is 3. The summed E-state index contributed by atoms with van der Waals surface area (Å²) in [6.45, 7) is 1.35. The fourth-order valence-corrected chi connectivity index (χ4v) is 2.80. The van der Waals surface area contributed by atoms with Crippen LogP contribution in [-0.4, -0.2) is 16.1 Å². The van der Waals surface area contributed by atoms with Gasteiger partial charge in [0, 0.05) is 24.8 Å². The predicted molar refractivity (Wildman–Crippen MR) is 90.7 cm³/mol. The molecular weight excluding hydrogens is 290 g/mol. The van der Waals surface area contributed by atoms with Crippen LogP contribution >= 0.6 is 0 Å². The second-order valence-corrected chi connectivity index (χ2v) is 5.91. The van der Waals surface area contributed by atoms with Crippen LogP contribution in [0.1, 0.15) is 36.8 Å². The van der Waals surface area contributed by atoms with Crippen molar-refractivity contribution in [3.8, 4) is 5.75 Å². The highest BCUT2D eigenvalue weighted by atomic mass is 16.5. The summed E-state index contributed by atoms with van der Waals surface area (Å²) in [4.78, 5) is 7.90. The average molecular weight is 313 g/mol. The average Bonchev–Trinajstić information content (AvgIpc) is 3.04. The lowest BCUT2D eigenvalue weighted by atomic mass is 10.2. The Bertz CT molecular complexity index is 638. The number of ether oxygens (including phenoxy) is 1. The maximum Gasteiger partial charge on any atom is 0.221 e. The second kappa shape index (κ2) is 7.28. The Morgan fingerprint density at radius 1 is 1.09 bits per heavy atom. The molecule has 1 aliphatic rings. The number of nitrogen functional groups attached to an aromatic ring is 2. The Balaban J connectivity index is 1.48. The van der Waals surface area contributed by atoms with Gasteiger partial charge in [0.2, 0.25) is 5.95 Å². The van der Waals surface area contributed by atoms with E-state index in [4.69, 9.17) is 16.2 Å². The van der Waals surface area contributed by atoms with E-state index < -0.39 is 0 Å². The molecule has 23 heavy (non-hydrogen) atoms. The standard InChI is InChI=1S/C17H23N5O/c18-16-13(11-21-17(19)22-16)10-20-9-12-5-7-15(8-6-12)23-14-3-1-2-4-14/h5-8,11,14,20H,1-4,9-10H2,(H4,18,19,21,22).